The fourth-order valence-corrected chi connectivity index (χ4v) is 2.97. The Morgan fingerprint density at radius 2 is 1.96 bits per heavy atom. The number of thiophene rings is 1. The van der Waals surface area contributed by atoms with Crippen molar-refractivity contribution in [2.24, 2.45) is 0 Å². The molecule has 0 fully saturated rings. The molecule has 0 bridgehead atoms. The number of para-hydroxylation sites is 1. The van der Waals surface area contributed by atoms with Gasteiger partial charge in [-0.25, -0.2) is 4.79 Å². The van der Waals surface area contributed by atoms with E-state index in [1.807, 2.05) is 48.5 Å². The number of hydrogen-bond donors (Lipinski definition) is 1. The van der Waals surface area contributed by atoms with Gasteiger partial charge in [0.05, 0.1) is 12.8 Å². The molecule has 0 radical (unpaired) electrons. The monoisotopic (exact) mass is 326 g/mol. The van der Waals surface area contributed by atoms with Crippen LogP contribution < -0.4 is 5.32 Å². The summed E-state index contributed by atoms with van der Waals surface area (Å²) in [5.74, 6) is 0.777. The zero-order valence-corrected chi connectivity index (χ0v) is 13.5. The predicted molar refractivity (Wildman–Crippen MR) is 92.6 cm³/mol. The Morgan fingerprint density at radius 1 is 1.09 bits per heavy atom. The number of benzene rings is 1. The number of carbonyl (C=O) groups is 1. The van der Waals surface area contributed by atoms with E-state index in [0.717, 1.165) is 17.9 Å². The third-order valence-corrected chi connectivity index (χ3v) is 4.38. The van der Waals surface area contributed by atoms with Gasteiger partial charge in [-0.05, 0) is 42.1 Å². The van der Waals surface area contributed by atoms with Crippen LogP contribution in [0.1, 0.15) is 10.6 Å². The molecular weight excluding hydrogens is 308 g/mol. The number of carbonyl (C=O) groups excluding carboxylic acids is 1. The van der Waals surface area contributed by atoms with Gasteiger partial charge in [0.2, 0.25) is 0 Å². The molecular formula is C18H18N2O2S. The Bertz CT molecular complexity index is 709. The van der Waals surface area contributed by atoms with E-state index in [4.69, 9.17) is 4.42 Å². The first-order chi connectivity index (χ1) is 11.3. The molecule has 3 aromatic rings. The van der Waals surface area contributed by atoms with E-state index < -0.39 is 0 Å². The maximum Gasteiger partial charge on any atom is 0.322 e. The highest BCUT2D eigenvalue weighted by Crippen LogP contribution is 2.14. The lowest BCUT2D eigenvalue weighted by Gasteiger charge is -2.22. The van der Waals surface area contributed by atoms with Gasteiger partial charge in [0.25, 0.3) is 0 Å². The Labute approximate surface area is 139 Å². The molecule has 118 valence electrons. The second kappa shape index (κ2) is 7.65. The first kappa shape index (κ1) is 15.4. The van der Waals surface area contributed by atoms with E-state index in [1.165, 1.54) is 4.88 Å². The van der Waals surface area contributed by atoms with Crippen LogP contribution in [0.5, 0.6) is 0 Å². The van der Waals surface area contributed by atoms with Crippen molar-refractivity contribution in [1.82, 2.24) is 4.90 Å². The summed E-state index contributed by atoms with van der Waals surface area (Å²) < 4.78 is 5.38. The Hall–Kier alpha value is -2.53. The van der Waals surface area contributed by atoms with E-state index in [2.05, 4.69) is 16.8 Å². The van der Waals surface area contributed by atoms with Gasteiger partial charge >= 0.3 is 6.03 Å². The summed E-state index contributed by atoms with van der Waals surface area (Å²) in [5, 5.41) is 4.99. The third kappa shape index (κ3) is 4.47. The molecule has 0 unspecified atom stereocenters. The zero-order valence-electron chi connectivity index (χ0n) is 12.6. The number of rotatable bonds is 6. The third-order valence-electron chi connectivity index (χ3n) is 3.45. The van der Waals surface area contributed by atoms with Crippen LogP contribution in [0.25, 0.3) is 0 Å². The van der Waals surface area contributed by atoms with Gasteiger partial charge < -0.3 is 14.6 Å². The first-order valence-corrected chi connectivity index (χ1v) is 8.35. The number of nitrogens with zero attached hydrogens (tertiary/aromatic N) is 1. The molecule has 0 aliphatic rings. The smallest absolute Gasteiger partial charge is 0.322 e. The normalized spacial score (nSPS) is 10.4. The predicted octanol–water partition coefficient (Wildman–Crippen LogP) is 4.62. The molecule has 0 atom stereocenters. The van der Waals surface area contributed by atoms with Crippen molar-refractivity contribution in [2.45, 2.75) is 13.0 Å². The second-order valence-corrected chi connectivity index (χ2v) is 6.16. The van der Waals surface area contributed by atoms with E-state index in [9.17, 15) is 4.79 Å². The molecule has 23 heavy (non-hydrogen) atoms. The van der Waals surface area contributed by atoms with Gasteiger partial charge in [-0.2, -0.15) is 0 Å². The lowest BCUT2D eigenvalue weighted by molar-refractivity contribution is 0.205. The highest BCUT2D eigenvalue weighted by atomic mass is 32.1. The summed E-state index contributed by atoms with van der Waals surface area (Å²) in [6.45, 7) is 1.09. The van der Waals surface area contributed by atoms with E-state index >= 15 is 0 Å². The van der Waals surface area contributed by atoms with E-state index in [0.29, 0.717) is 13.1 Å². The Morgan fingerprint density at radius 3 is 2.65 bits per heavy atom. The number of furan rings is 1. The molecule has 0 spiro atoms. The number of urea groups is 1. The highest BCUT2D eigenvalue weighted by Gasteiger charge is 2.15. The van der Waals surface area contributed by atoms with Crippen LogP contribution in [0.4, 0.5) is 10.5 Å². The lowest BCUT2D eigenvalue weighted by atomic mass is 10.3. The number of amides is 2. The number of hydrogen-bond acceptors (Lipinski definition) is 3. The minimum Gasteiger partial charge on any atom is -0.467 e. The maximum absolute atomic E-state index is 12.6. The summed E-state index contributed by atoms with van der Waals surface area (Å²) in [6, 6.07) is 17.2. The van der Waals surface area contributed by atoms with Crippen molar-refractivity contribution in [3.63, 3.8) is 0 Å². The molecule has 1 aromatic carbocycles. The van der Waals surface area contributed by atoms with Gasteiger partial charge in [-0.15, -0.1) is 11.3 Å². The average molecular weight is 326 g/mol. The summed E-state index contributed by atoms with van der Waals surface area (Å²) >= 11 is 1.71. The van der Waals surface area contributed by atoms with Crippen molar-refractivity contribution < 1.29 is 9.21 Å². The maximum atomic E-state index is 12.6. The molecule has 0 saturated carbocycles. The van der Waals surface area contributed by atoms with Crippen LogP contribution in [0, 0.1) is 0 Å². The molecule has 5 heteroatoms. The van der Waals surface area contributed by atoms with Gasteiger partial charge in [0, 0.05) is 17.1 Å². The summed E-state index contributed by atoms with van der Waals surface area (Å²) in [5.41, 5.74) is 0.790. The lowest BCUT2D eigenvalue weighted by Crippen LogP contribution is -2.35. The van der Waals surface area contributed by atoms with Gasteiger partial charge in [0.15, 0.2) is 0 Å². The number of nitrogens with one attached hydrogen (secondary N) is 1. The Kier molecular flexibility index (Phi) is 5.11. The van der Waals surface area contributed by atoms with Crippen LogP contribution in [0.3, 0.4) is 0 Å². The zero-order chi connectivity index (χ0) is 15.9. The fourth-order valence-electron chi connectivity index (χ4n) is 2.27. The standard InChI is InChI=1S/C18H18N2O2S/c21-18(19-15-6-2-1-3-7-15)20(14-16-8-4-12-22-16)11-10-17-9-5-13-23-17/h1-9,12-13H,10-11,14H2,(H,19,21). The van der Waals surface area contributed by atoms with Crippen molar-refractivity contribution in [1.29, 1.82) is 0 Å². The SMILES string of the molecule is O=C(Nc1ccccc1)N(CCc1cccs1)Cc1ccco1. The fraction of sp³-hybridized carbons (Fsp3) is 0.167. The van der Waals surface area contributed by atoms with Crippen molar-refractivity contribution >= 4 is 23.1 Å². The van der Waals surface area contributed by atoms with Crippen molar-refractivity contribution in [2.75, 3.05) is 11.9 Å². The largest absolute Gasteiger partial charge is 0.467 e. The molecule has 2 heterocycles. The highest BCUT2D eigenvalue weighted by molar-refractivity contribution is 7.09. The van der Waals surface area contributed by atoms with Crippen LogP contribution in [0.2, 0.25) is 0 Å². The molecule has 0 aliphatic carbocycles. The minimum atomic E-state index is -0.121. The second-order valence-electron chi connectivity index (χ2n) is 5.13. The topological polar surface area (TPSA) is 45.5 Å². The molecule has 1 N–H and O–H groups in total. The molecule has 2 aromatic heterocycles. The molecule has 2 amide bonds. The quantitative estimate of drug-likeness (QED) is 0.718. The minimum absolute atomic E-state index is 0.121. The molecule has 0 saturated heterocycles. The van der Waals surface area contributed by atoms with Crippen LogP contribution in [0.15, 0.2) is 70.7 Å². The summed E-state index contributed by atoms with van der Waals surface area (Å²) in [4.78, 5) is 15.6. The van der Waals surface area contributed by atoms with Gasteiger partial charge in [0.1, 0.15) is 5.76 Å². The average Bonchev–Trinajstić information content (AvgIpc) is 3.26. The van der Waals surface area contributed by atoms with E-state index in [-0.39, 0.29) is 6.03 Å². The van der Waals surface area contributed by atoms with Crippen LogP contribution in [-0.2, 0) is 13.0 Å². The summed E-state index contributed by atoms with van der Waals surface area (Å²) in [6.07, 6.45) is 2.46. The van der Waals surface area contributed by atoms with Crippen molar-refractivity contribution in [3.8, 4) is 0 Å². The van der Waals surface area contributed by atoms with Crippen LogP contribution >= 0.6 is 11.3 Å². The van der Waals surface area contributed by atoms with E-state index in [1.54, 1.807) is 22.5 Å². The molecule has 0 aliphatic heterocycles. The Balaban J connectivity index is 1.66. The van der Waals surface area contributed by atoms with Crippen molar-refractivity contribution in [3.05, 3.63) is 76.9 Å². The van der Waals surface area contributed by atoms with Gasteiger partial charge in [-0.3, -0.25) is 0 Å². The van der Waals surface area contributed by atoms with Gasteiger partial charge in [-0.1, -0.05) is 24.3 Å². The number of anilines is 1. The first-order valence-electron chi connectivity index (χ1n) is 7.47. The molecule has 3 rings (SSSR count). The van der Waals surface area contributed by atoms with Crippen LogP contribution in [-0.4, -0.2) is 17.5 Å². The summed E-state index contributed by atoms with van der Waals surface area (Å²) in [7, 11) is 0. The molecule has 4 nitrogen and oxygen atoms in total.